The van der Waals surface area contributed by atoms with Crippen molar-refractivity contribution in [3.63, 3.8) is 0 Å². The standard InChI is InChI=1S/C27H32O2.2C2H6.C2H4/c1-16-4-6-18(7-5-16)23-15-27(3)24(17(2)28)12-13-25(27)22-10-8-19-14-20(29)9-11-21(19)26(22)23;3*1-2/h4-7,14,22-25H,8-13,15H2,1-3H3;2*1-2H3;1-2H2. The van der Waals surface area contributed by atoms with Crippen molar-refractivity contribution in [2.45, 2.75) is 99.3 Å². The van der Waals surface area contributed by atoms with Crippen LogP contribution in [-0.4, -0.2) is 11.6 Å². The van der Waals surface area contributed by atoms with E-state index in [1.807, 2.05) is 40.7 Å². The van der Waals surface area contributed by atoms with Gasteiger partial charge in [-0.3, -0.25) is 9.59 Å². The van der Waals surface area contributed by atoms with Crippen LogP contribution in [0.4, 0.5) is 0 Å². The molecule has 0 spiro atoms. The van der Waals surface area contributed by atoms with Crippen molar-refractivity contribution in [2.75, 3.05) is 0 Å². The third-order valence-electron chi connectivity index (χ3n) is 8.70. The second-order valence-electron chi connectivity index (χ2n) is 10.2. The van der Waals surface area contributed by atoms with E-state index < -0.39 is 0 Å². The molecule has 0 bridgehead atoms. The summed E-state index contributed by atoms with van der Waals surface area (Å²) in [7, 11) is 0. The Morgan fingerprint density at radius 2 is 1.57 bits per heavy atom. The van der Waals surface area contributed by atoms with Crippen LogP contribution < -0.4 is 0 Å². The summed E-state index contributed by atoms with van der Waals surface area (Å²) in [4.78, 5) is 24.6. The third kappa shape index (κ3) is 5.47. The van der Waals surface area contributed by atoms with Crippen molar-refractivity contribution >= 4 is 11.6 Å². The molecule has 0 amide bonds. The summed E-state index contributed by atoms with van der Waals surface area (Å²) in [5.74, 6) is 2.45. The minimum absolute atomic E-state index is 0.0990. The van der Waals surface area contributed by atoms with Gasteiger partial charge in [0, 0.05) is 18.3 Å². The molecule has 192 valence electrons. The first kappa shape index (κ1) is 29.0. The summed E-state index contributed by atoms with van der Waals surface area (Å²) in [6.07, 6.45) is 9.00. The van der Waals surface area contributed by atoms with Crippen LogP contribution in [0.3, 0.4) is 0 Å². The predicted octanol–water partition coefficient (Wildman–Crippen LogP) is 8.95. The second-order valence-corrected chi connectivity index (χ2v) is 10.2. The lowest BCUT2D eigenvalue weighted by Crippen LogP contribution is -2.44. The smallest absolute Gasteiger partial charge is 0.156 e. The van der Waals surface area contributed by atoms with Crippen molar-refractivity contribution in [1.82, 2.24) is 0 Å². The fraction of sp³-hybridized carbons (Fsp3) is 0.576. The molecule has 2 nitrogen and oxygen atoms in total. The number of fused-ring (bicyclic) bond motifs is 4. The van der Waals surface area contributed by atoms with Gasteiger partial charge in [0.1, 0.15) is 5.78 Å². The van der Waals surface area contributed by atoms with Crippen LogP contribution >= 0.6 is 0 Å². The molecule has 4 aliphatic carbocycles. The zero-order valence-corrected chi connectivity index (χ0v) is 23.4. The number of rotatable bonds is 2. The zero-order chi connectivity index (χ0) is 26.3. The van der Waals surface area contributed by atoms with Gasteiger partial charge in [-0.2, -0.15) is 0 Å². The highest BCUT2D eigenvalue weighted by Crippen LogP contribution is 2.65. The molecule has 1 aromatic carbocycles. The van der Waals surface area contributed by atoms with E-state index >= 15 is 0 Å². The van der Waals surface area contributed by atoms with Crippen molar-refractivity contribution < 1.29 is 9.59 Å². The van der Waals surface area contributed by atoms with Gasteiger partial charge in [-0.25, -0.2) is 0 Å². The molecule has 0 N–H and O–H groups in total. The van der Waals surface area contributed by atoms with Gasteiger partial charge in [-0.05, 0) is 92.4 Å². The van der Waals surface area contributed by atoms with Crippen LogP contribution in [0, 0.1) is 30.1 Å². The lowest BCUT2D eigenvalue weighted by atomic mass is 9.51. The Hall–Kier alpha value is -2.22. The summed E-state index contributed by atoms with van der Waals surface area (Å²) >= 11 is 0. The molecule has 0 radical (unpaired) electrons. The molecule has 35 heavy (non-hydrogen) atoms. The van der Waals surface area contributed by atoms with E-state index in [9.17, 15) is 9.59 Å². The highest BCUT2D eigenvalue weighted by molar-refractivity contribution is 5.93. The molecule has 2 fully saturated rings. The number of ketones is 2. The van der Waals surface area contributed by atoms with Crippen LogP contribution in [0.1, 0.15) is 104 Å². The van der Waals surface area contributed by atoms with Gasteiger partial charge in [0.25, 0.3) is 0 Å². The highest BCUT2D eigenvalue weighted by Gasteiger charge is 2.57. The first-order chi connectivity index (χ1) is 16.9. The maximum Gasteiger partial charge on any atom is 0.156 e. The molecule has 2 saturated carbocycles. The molecule has 5 atom stereocenters. The molecule has 2 heteroatoms. The number of hydrogen-bond donors (Lipinski definition) is 0. The summed E-state index contributed by atoms with van der Waals surface area (Å²) in [6, 6.07) is 9.06. The number of carbonyl (C=O) groups is 2. The molecular formula is C33H48O2. The average molecular weight is 477 g/mol. The zero-order valence-electron chi connectivity index (χ0n) is 23.4. The van der Waals surface area contributed by atoms with Crippen LogP contribution in [0.2, 0.25) is 0 Å². The van der Waals surface area contributed by atoms with Crippen LogP contribution in [0.15, 0.2) is 60.2 Å². The molecule has 5 rings (SSSR count). The van der Waals surface area contributed by atoms with Gasteiger partial charge in [-0.15, -0.1) is 13.2 Å². The van der Waals surface area contributed by atoms with E-state index in [0.29, 0.717) is 35.7 Å². The van der Waals surface area contributed by atoms with Gasteiger partial charge < -0.3 is 0 Å². The largest absolute Gasteiger partial charge is 0.300 e. The topological polar surface area (TPSA) is 34.1 Å². The van der Waals surface area contributed by atoms with E-state index in [1.54, 1.807) is 5.57 Å². The maximum atomic E-state index is 12.6. The lowest BCUT2D eigenvalue weighted by molar-refractivity contribution is -0.125. The molecule has 0 aromatic heterocycles. The van der Waals surface area contributed by atoms with E-state index in [-0.39, 0.29) is 11.3 Å². The van der Waals surface area contributed by atoms with Crippen LogP contribution in [0.25, 0.3) is 0 Å². The molecular weight excluding hydrogens is 428 g/mol. The Bertz CT molecular complexity index is 948. The van der Waals surface area contributed by atoms with Crippen LogP contribution in [0.5, 0.6) is 0 Å². The van der Waals surface area contributed by atoms with E-state index in [0.717, 1.165) is 32.1 Å². The Balaban J connectivity index is 0.000000671. The highest BCUT2D eigenvalue weighted by atomic mass is 16.1. The molecule has 1 aromatic rings. The lowest BCUT2D eigenvalue weighted by Gasteiger charge is -2.52. The summed E-state index contributed by atoms with van der Waals surface area (Å²) in [5, 5.41) is 0. The van der Waals surface area contributed by atoms with E-state index in [4.69, 9.17) is 0 Å². The minimum Gasteiger partial charge on any atom is -0.300 e. The Morgan fingerprint density at radius 1 is 0.943 bits per heavy atom. The van der Waals surface area contributed by atoms with Gasteiger partial charge in [0.15, 0.2) is 5.78 Å². The summed E-state index contributed by atoms with van der Waals surface area (Å²) < 4.78 is 0. The second kappa shape index (κ2) is 12.7. The molecule has 0 heterocycles. The van der Waals surface area contributed by atoms with Crippen LogP contribution in [-0.2, 0) is 9.59 Å². The Labute approximate surface area is 215 Å². The fourth-order valence-corrected chi connectivity index (χ4v) is 7.42. The van der Waals surface area contributed by atoms with Gasteiger partial charge in [-0.1, -0.05) is 70.0 Å². The minimum atomic E-state index is 0.0990. The fourth-order valence-electron chi connectivity index (χ4n) is 7.42. The first-order valence-electron chi connectivity index (χ1n) is 13.9. The van der Waals surface area contributed by atoms with Gasteiger partial charge >= 0.3 is 0 Å². The SMILES string of the molecule is C=C.CC.CC.CC(=O)C1CCC2C3CCC4=CC(=O)CCC4=C3C(c3ccc(C)cc3)CC12C. The monoisotopic (exact) mass is 476 g/mol. The van der Waals surface area contributed by atoms with Crippen molar-refractivity contribution in [2.24, 2.45) is 23.2 Å². The number of allylic oxidation sites excluding steroid dienone is 4. The Morgan fingerprint density at radius 3 is 2.17 bits per heavy atom. The summed E-state index contributed by atoms with van der Waals surface area (Å²) in [6.45, 7) is 20.4. The quantitative estimate of drug-likeness (QED) is 0.399. The summed E-state index contributed by atoms with van der Waals surface area (Å²) in [5.41, 5.74) is 7.23. The van der Waals surface area contributed by atoms with E-state index in [1.165, 1.54) is 28.7 Å². The first-order valence-corrected chi connectivity index (χ1v) is 13.9. The van der Waals surface area contributed by atoms with Crippen molar-refractivity contribution in [1.29, 1.82) is 0 Å². The molecule has 0 aliphatic heterocycles. The number of carbonyl (C=O) groups excluding carboxylic acids is 2. The maximum absolute atomic E-state index is 12.6. The molecule has 4 aliphatic rings. The molecule has 0 saturated heterocycles. The average Bonchev–Trinajstić information content (AvgIpc) is 3.24. The molecule has 5 unspecified atom stereocenters. The van der Waals surface area contributed by atoms with Gasteiger partial charge in [0.2, 0.25) is 0 Å². The van der Waals surface area contributed by atoms with Crippen molar-refractivity contribution in [3.05, 3.63) is 71.3 Å². The number of aryl methyl sites for hydroxylation is 1. The van der Waals surface area contributed by atoms with E-state index in [2.05, 4.69) is 51.3 Å². The normalized spacial score (nSPS) is 30.5. The predicted molar refractivity (Wildman–Crippen MR) is 150 cm³/mol. The van der Waals surface area contributed by atoms with Gasteiger partial charge in [0.05, 0.1) is 0 Å². The van der Waals surface area contributed by atoms with Crippen molar-refractivity contribution in [3.8, 4) is 0 Å². The number of Topliss-reactive ketones (excluding diaryl/α,β-unsaturated/α-hetero) is 1. The Kier molecular flexibility index (Phi) is 10.5. The number of hydrogen-bond acceptors (Lipinski definition) is 2. The number of benzene rings is 1. The third-order valence-corrected chi connectivity index (χ3v) is 8.70.